The van der Waals surface area contributed by atoms with Gasteiger partial charge in [0.05, 0.1) is 6.04 Å². The lowest BCUT2D eigenvalue weighted by molar-refractivity contribution is 0.102. The van der Waals surface area contributed by atoms with Crippen LogP contribution >= 0.6 is 12.4 Å². The lowest BCUT2D eigenvalue weighted by Crippen LogP contribution is -2.32. The first-order chi connectivity index (χ1) is 13.7. The van der Waals surface area contributed by atoms with Gasteiger partial charge in [-0.1, -0.05) is 19.1 Å². The molecular weight excluding hydrogens is 386 g/mol. The van der Waals surface area contributed by atoms with E-state index in [2.05, 4.69) is 39.7 Å². The molecule has 0 spiro atoms. The van der Waals surface area contributed by atoms with Gasteiger partial charge in [-0.05, 0) is 75.0 Å². The van der Waals surface area contributed by atoms with Crippen LogP contribution in [-0.2, 0) is 6.54 Å². The summed E-state index contributed by atoms with van der Waals surface area (Å²) in [4.78, 5) is 15.0. The monoisotopic (exact) mass is 417 g/mol. The van der Waals surface area contributed by atoms with Gasteiger partial charge >= 0.3 is 0 Å². The number of piperidine rings is 2. The average molecular weight is 418 g/mol. The Morgan fingerprint density at radius 1 is 1.17 bits per heavy atom. The lowest BCUT2D eigenvalue weighted by atomic mass is 9.99. The molecule has 2 aliphatic heterocycles. The standard InChI is InChI=1S/C22H31N5O.ClH/c1-17-8-12-26(13-9-17)16-18-4-6-19(7-5-18)24-22(28)21-10-14-27(25-21)20-3-2-11-23-15-20;/h4-7,10,14,17,20,23H,2-3,8-9,11-13,15-16H2,1H3,(H,24,28);1H. The number of carbonyl (C=O) groups excluding carboxylic acids is 1. The Balaban J connectivity index is 0.00000240. The van der Waals surface area contributed by atoms with Crippen LogP contribution in [0.4, 0.5) is 5.69 Å². The van der Waals surface area contributed by atoms with Crippen LogP contribution < -0.4 is 10.6 Å². The van der Waals surface area contributed by atoms with Crippen LogP contribution in [0.15, 0.2) is 36.5 Å². The van der Waals surface area contributed by atoms with Crippen LogP contribution in [0.2, 0.25) is 0 Å². The summed E-state index contributed by atoms with van der Waals surface area (Å²) in [6.07, 6.45) is 6.74. The molecule has 2 aliphatic rings. The van der Waals surface area contributed by atoms with Crippen LogP contribution in [0, 0.1) is 5.92 Å². The fourth-order valence-corrected chi connectivity index (χ4v) is 4.09. The third-order valence-electron chi connectivity index (χ3n) is 5.98. The van der Waals surface area contributed by atoms with Crippen LogP contribution in [-0.4, -0.2) is 46.8 Å². The average Bonchev–Trinajstić information content (AvgIpc) is 3.22. The number of aromatic nitrogens is 2. The van der Waals surface area contributed by atoms with Gasteiger partial charge in [0.2, 0.25) is 0 Å². The molecule has 2 N–H and O–H groups in total. The summed E-state index contributed by atoms with van der Waals surface area (Å²) in [6.45, 7) is 7.67. The molecule has 2 fully saturated rings. The van der Waals surface area contributed by atoms with E-state index in [-0.39, 0.29) is 18.3 Å². The van der Waals surface area contributed by atoms with E-state index in [1.807, 2.05) is 23.0 Å². The van der Waals surface area contributed by atoms with E-state index in [4.69, 9.17) is 0 Å². The van der Waals surface area contributed by atoms with Crippen LogP contribution in [0.1, 0.15) is 54.7 Å². The number of amides is 1. The first-order valence-electron chi connectivity index (χ1n) is 10.6. The van der Waals surface area contributed by atoms with Crippen molar-refractivity contribution in [2.75, 3.05) is 31.5 Å². The normalized spacial score (nSPS) is 20.8. The van der Waals surface area contributed by atoms with Crippen molar-refractivity contribution in [3.8, 4) is 0 Å². The molecule has 1 aromatic heterocycles. The number of hydrogen-bond acceptors (Lipinski definition) is 4. The molecule has 29 heavy (non-hydrogen) atoms. The number of halogens is 1. The minimum absolute atomic E-state index is 0. The van der Waals surface area contributed by atoms with E-state index in [0.29, 0.717) is 11.7 Å². The second-order valence-electron chi connectivity index (χ2n) is 8.29. The van der Waals surface area contributed by atoms with Gasteiger partial charge in [-0.15, -0.1) is 12.4 Å². The smallest absolute Gasteiger partial charge is 0.276 e. The first-order valence-corrected chi connectivity index (χ1v) is 10.6. The van der Waals surface area contributed by atoms with Gasteiger partial charge < -0.3 is 10.6 Å². The Morgan fingerprint density at radius 3 is 2.62 bits per heavy atom. The molecule has 3 heterocycles. The first kappa shape index (κ1) is 21.8. The summed E-state index contributed by atoms with van der Waals surface area (Å²) in [5, 5.41) is 10.8. The number of anilines is 1. The van der Waals surface area contributed by atoms with Crippen molar-refractivity contribution in [1.82, 2.24) is 20.0 Å². The molecule has 1 atom stereocenters. The largest absolute Gasteiger partial charge is 0.321 e. The minimum atomic E-state index is -0.153. The molecule has 6 nitrogen and oxygen atoms in total. The second-order valence-corrected chi connectivity index (χ2v) is 8.29. The molecule has 0 radical (unpaired) electrons. The molecule has 1 unspecified atom stereocenters. The maximum atomic E-state index is 12.5. The van der Waals surface area contributed by atoms with E-state index in [1.165, 1.54) is 31.5 Å². The predicted molar refractivity (Wildman–Crippen MR) is 119 cm³/mol. The summed E-state index contributed by atoms with van der Waals surface area (Å²) in [5.41, 5.74) is 2.58. The molecule has 4 rings (SSSR count). The Hall–Kier alpha value is -1.89. The fraction of sp³-hybridized carbons (Fsp3) is 0.545. The number of hydrogen-bond donors (Lipinski definition) is 2. The molecule has 2 saturated heterocycles. The zero-order chi connectivity index (χ0) is 19.3. The van der Waals surface area contributed by atoms with Gasteiger partial charge in [-0.25, -0.2) is 0 Å². The highest BCUT2D eigenvalue weighted by Crippen LogP contribution is 2.20. The van der Waals surface area contributed by atoms with Gasteiger partial charge in [0.15, 0.2) is 5.69 Å². The maximum Gasteiger partial charge on any atom is 0.276 e. The van der Waals surface area contributed by atoms with E-state index in [9.17, 15) is 4.79 Å². The summed E-state index contributed by atoms with van der Waals surface area (Å²) < 4.78 is 1.92. The van der Waals surface area contributed by atoms with E-state index >= 15 is 0 Å². The van der Waals surface area contributed by atoms with Crippen molar-refractivity contribution in [3.05, 3.63) is 47.8 Å². The molecule has 1 aromatic carbocycles. The highest BCUT2D eigenvalue weighted by Gasteiger charge is 2.18. The number of benzene rings is 1. The maximum absolute atomic E-state index is 12.5. The van der Waals surface area contributed by atoms with Gasteiger partial charge in [-0.2, -0.15) is 5.10 Å². The number of nitrogens with zero attached hydrogens (tertiary/aromatic N) is 3. The molecule has 158 valence electrons. The Labute approximate surface area is 179 Å². The molecule has 2 aromatic rings. The summed E-state index contributed by atoms with van der Waals surface area (Å²) in [6, 6.07) is 10.3. The lowest BCUT2D eigenvalue weighted by Gasteiger charge is -2.30. The number of carbonyl (C=O) groups is 1. The molecule has 0 bridgehead atoms. The van der Waals surface area contributed by atoms with Gasteiger partial charge in [0.1, 0.15) is 0 Å². The van der Waals surface area contributed by atoms with Crippen molar-refractivity contribution in [2.24, 2.45) is 5.92 Å². The van der Waals surface area contributed by atoms with Gasteiger partial charge in [0.25, 0.3) is 5.91 Å². The topological polar surface area (TPSA) is 62.2 Å². The van der Waals surface area contributed by atoms with Crippen molar-refractivity contribution in [1.29, 1.82) is 0 Å². The number of likely N-dealkylation sites (tertiary alicyclic amines) is 1. The molecule has 1 amide bonds. The summed E-state index contributed by atoms with van der Waals surface area (Å²) in [5.74, 6) is 0.701. The van der Waals surface area contributed by atoms with E-state index in [0.717, 1.165) is 44.1 Å². The third kappa shape index (κ3) is 5.81. The van der Waals surface area contributed by atoms with Crippen LogP contribution in [0.3, 0.4) is 0 Å². The number of rotatable bonds is 5. The fourth-order valence-electron chi connectivity index (χ4n) is 4.09. The van der Waals surface area contributed by atoms with Crippen molar-refractivity contribution in [2.45, 2.75) is 45.2 Å². The summed E-state index contributed by atoms with van der Waals surface area (Å²) in [7, 11) is 0. The van der Waals surface area contributed by atoms with Crippen LogP contribution in [0.5, 0.6) is 0 Å². The van der Waals surface area contributed by atoms with E-state index < -0.39 is 0 Å². The zero-order valence-corrected chi connectivity index (χ0v) is 18.0. The van der Waals surface area contributed by atoms with Crippen molar-refractivity contribution < 1.29 is 4.79 Å². The van der Waals surface area contributed by atoms with Gasteiger partial charge in [0, 0.05) is 25.0 Å². The Morgan fingerprint density at radius 2 is 1.93 bits per heavy atom. The molecular formula is C22H32ClN5O. The van der Waals surface area contributed by atoms with Crippen molar-refractivity contribution in [3.63, 3.8) is 0 Å². The predicted octanol–water partition coefficient (Wildman–Crippen LogP) is 3.71. The minimum Gasteiger partial charge on any atom is -0.321 e. The molecule has 7 heteroatoms. The Bertz CT molecular complexity index is 777. The van der Waals surface area contributed by atoms with Gasteiger partial charge in [-0.3, -0.25) is 14.4 Å². The summed E-state index contributed by atoms with van der Waals surface area (Å²) >= 11 is 0. The van der Waals surface area contributed by atoms with E-state index in [1.54, 1.807) is 6.07 Å². The van der Waals surface area contributed by atoms with Crippen LogP contribution in [0.25, 0.3) is 0 Å². The second kappa shape index (κ2) is 10.2. The van der Waals surface area contributed by atoms with Crippen molar-refractivity contribution >= 4 is 24.0 Å². The SMILES string of the molecule is CC1CCN(Cc2ccc(NC(=O)c3ccn(C4CCCNC4)n3)cc2)CC1.Cl. The molecule has 0 aliphatic carbocycles. The highest BCUT2D eigenvalue weighted by molar-refractivity contribution is 6.02. The highest BCUT2D eigenvalue weighted by atomic mass is 35.5. The Kier molecular flexibility index (Phi) is 7.70. The third-order valence-corrected chi connectivity index (χ3v) is 5.98. The molecule has 0 saturated carbocycles. The quantitative estimate of drug-likeness (QED) is 0.778. The zero-order valence-electron chi connectivity index (χ0n) is 17.1. The number of nitrogens with one attached hydrogen (secondary N) is 2.